The monoisotopic (exact) mass is 281 g/mol. The van der Waals surface area contributed by atoms with Gasteiger partial charge in [0.1, 0.15) is 11.9 Å². The van der Waals surface area contributed by atoms with Gasteiger partial charge in [0.2, 0.25) is 0 Å². The molecular formula is C18H19NO2. The molecule has 2 aromatic carbocycles. The molecule has 108 valence electrons. The molecule has 2 aromatic rings. The zero-order valence-corrected chi connectivity index (χ0v) is 12.1. The lowest BCUT2D eigenvalue weighted by atomic mass is 10.1. The van der Waals surface area contributed by atoms with Crippen molar-refractivity contribution in [3.05, 3.63) is 71.8 Å². The van der Waals surface area contributed by atoms with Crippen LogP contribution in [0.25, 0.3) is 5.70 Å². The molecule has 0 bridgehead atoms. The van der Waals surface area contributed by atoms with Gasteiger partial charge in [-0.15, -0.1) is 0 Å². The van der Waals surface area contributed by atoms with Crippen LogP contribution in [0.5, 0.6) is 5.75 Å². The van der Waals surface area contributed by atoms with Crippen molar-refractivity contribution in [3.8, 4) is 5.75 Å². The second-order valence-electron chi connectivity index (χ2n) is 5.09. The second-order valence-corrected chi connectivity index (χ2v) is 5.09. The number of hydrogen-bond acceptors (Lipinski definition) is 3. The van der Waals surface area contributed by atoms with Crippen LogP contribution < -0.4 is 10.2 Å². The summed E-state index contributed by atoms with van der Waals surface area (Å²) in [5.74, 6) is 0.850. The van der Waals surface area contributed by atoms with E-state index < -0.39 is 0 Å². The van der Waals surface area contributed by atoms with Gasteiger partial charge in [-0.3, -0.25) is 10.3 Å². The molecule has 3 heteroatoms. The molecule has 1 atom stereocenters. The van der Waals surface area contributed by atoms with Crippen molar-refractivity contribution >= 4 is 5.70 Å². The molecular weight excluding hydrogens is 262 g/mol. The molecule has 0 saturated carbocycles. The van der Waals surface area contributed by atoms with E-state index in [4.69, 9.17) is 9.57 Å². The molecule has 1 unspecified atom stereocenters. The van der Waals surface area contributed by atoms with Crippen molar-refractivity contribution in [1.29, 1.82) is 0 Å². The van der Waals surface area contributed by atoms with E-state index in [-0.39, 0.29) is 6.10 Å². The third-order valence-corrected chi connectivity index (χ3v) is 3.61. The van der Waals surface area contributed by atoms with Crippen LogP contribution in [-0.2, 0) is 11.3 Å². The highest BCUT2D eigenvalue weighted by atomic mass is 16.7. The Morgan fingerprint density at radius 3 is 2.76 bits per heavy atom. The van der Waals surface area contributed by atoms with E-state index in [0.29, 0.717) is 0 Å². The molecule has 1 N–H and O–H groups in total. The minimum absolute atomic E-state index is 0.103. The first-order valence-corrected chi connectivity index (χ1v) is 7.17. The Kier molecular flexibility index (Phi) is 4.22. The Labute approximate surface area is 125 Å². The second kappa shape index (κ2) is 6.46. The largest absolute Gasteiger partial charge is 0.497 e. The van der Waals surface area contributed by atoms with Crippen LogP contribution in [0.1, 0.15) is 17.5 Å². The number of rotatable bonds is 5. The lowest BCUT2D eigenvalue weighted by Gasteiger charge is -2.07. The standard InChI is InChI=1S/C18H19NO2/c1-20-16-9-5-8-15(12-16)18-13-17(21-19-18)11-10-14-6-3-2-4-7-14/h2-9,12-13,17,19H,10-11H2,1H3. The van der Waals surface area contributed by atoms with Gasteiger partial charge in [-0.25, -0.2) is 0 Å². The number of benzene rings is 2. The molecule has 0 aromatic heterocycles. The van der Waals surface area contributed by atoms with E-state index in [1.807, 2.05) is 30.3 Å². The lowest BCUT2D eigenvalue weighted by Crippen LogP contribution is -2.12. The summed E-state index contributed by atoms with van der Waals surface area (Å²) in [7, 11) is 1.68. The number of methoxy groups -OCH3 is 1. The van der Waals surface area contributed by atoms with Gasteiger partial charge in [0, 0.05) is 5.56 Å². The quantitative estimate of drug-likeness (QED) is 0.908. The fourth-order valence-electron chi connectivity index (χ4n) is 2.43. The molecule has 0 fully saturated rings. The van der Waals surface area contributed by atoms with Gasteiger partial charge in [0.25, 0.3) is 0 Å². The zero-order chi connectivity index (χ0) is 14.5. The normalized spacial score (nSPS) is 17.2. The van der Waals surface area contributed by atoms with Crippen molar-refractivity contribution in [2.24, 2.45) is 0 Å². The summed E-state index contributed by atoms with van der Waals surface area (Å²) in [6.07, 6.45) is 4.21. The molecule has 3 nitrogen and oxygen atoms in total. The smallest absolute Gasteiger partial charge is 0.119 e. The Morgan fingerprint density at radius 2 is 1.95 bits per heavy atom. The molecule has 1 heterocycles. The summed E-state index contributed by atoms with van der Waals surface area (Å²) in [5, 5.41) is 0. The Bertz CT molecular complexity index is 622. The van der Waals surface area contributed by atoms with Crippen LogP contribution in [0, 0.1) is 0 Å². The first-order valence-electron chi connectivity index (χ1n) is 7.17. The van der Waals surface area contributed by atoms with Crippen molar-refractivity contribution in [2.75, 3.05) is 7.11 Å². The summed E-state index contributed by atoms with van der Waals surface area (Å²) >= 11 is 0. The highest BCUT2D eigenvalue weighted by molar-refractivity contribution is 5.66. The maximum atomic E-state index is 5.63. The Balaban J connectivity index is 1.64. The number of ether oxygens (including phenoxy) is 1. The minimum Gasteiger partial charge on any atom is -0.497 e. The summed E-state index contributed by atoms with van der Waals surface area (Å²) in [5.41, 5.74) is 6.44. The zero-order valence-electron chi connectivity index (χ0n) is 12.1. The maximum Gasteiger partial charge on any atom is 0.119 e. The first-order chi connectivity index (χ1) is 10.3. The topological polar surface area (TPSA) is 30.5 Å². The van der Waals surface area contributed by atoms with Crippen LogP contribution in [0.15, 0.2) is 60.7 Å². The maximum absolute atomic E-state index is 5.63. The highest BCUT2D eigenvalue weighted by Gasteiger charge is 2.17. The van der Waals surface area contributed by atoms with Gasteiger partial charge in [0.15, 0.2) is 0 Å². The summed E-state index contributed by atoms with van der Waals surface area (Å²) in [4.78, 5) is 5.63. The molecule has 1 aliphatic rings. The van der Waals surface area contributed by atoms with Crippen LogP contribution in [-0.4, -0.2) is 13.2 Å². The van der Waals surface area contributed by atoms with Crippen molar-refractivity contribution in [1.82, 2.24) is 5.48 Å². The molecule has 0 amide bonds. The predicted octanol–water partition coefficient (Wildman–Crippen LogP) is 3.57. The van der Waals surface area contributed by atoms with Crippen molar-refractivity contribution < 1.29 is 9.57 Å². The molecule has 0 aliphatic carbocycles. The van der Waals surface area contributed by atoms with Gasteiger partial charge in [0.05, 0.1) is 12.8 Å². The molecule has 1 aliphatic heterocycles. The van der Waals surface area contributed by atoms with Crippen LogP contribution in [0.4, 0.5) is 0 Å². The van der Waals surface area contributed by atoms with Crippen LogP contribution in [0.2, 0.25) is 0 Å². The third kappa shape index (κ3) is 3.44. The van der Waals surface area contributed by atoms with E-state index in [9.17, 15) is 0 Å². The molecule has 3 rings (SSSR count). The van der Waals surface area contributed by atoms with E-state index >= 15 is 0 Å². The minimum atomic E-state index is 0.103. The fraction of sp³-hybridized carbons (Fsp3) is 0.222. The van der Waals surface area contributed by atoms with Crippen LogP contribution >= 0.6 is 0 Å². The average Bonchev–Trinajstić information content (AvgIpc) is 3.03. The van der Waals surface area contributed by atoms with Gasteiger partial charge < -0.3 is 4.74 Å². The van der Waals surface area contributed by atoms with Gasteiger partial charge >= 0.3 is 0 Å². The van der Waals surface area contributed by atoms with Crippen molar-refractivity contribution in [3.63, 3.8) is 0 Å². The van der Waals surface area contributed by atoms with Gasteiger partial charge in [-0.1, -0.05) is 42.5 Å². The number of hydroxylamine groups is 1. The SMILES string of the molecule is COc1cccc(C2=CC(CCc3ccccc3)ON2)c1. The number of nitrogens with one attached hydrogen (secondary N) is 1. The lowest BCUT2D eigenvalue weighted by molar-refractivity contribution is 0.0470. The fourth-order valence-corrected chi connectivity index (χ4v) is 2.43. The van der Waals surface area contributed by atoms with E-state index in [0.717, 1.165) is 29.9 Å². The van der Waals surface area contributed by atoms with E-state index in [2.05, 4.69) is 35.8 Å². The molecule has 0 spiro atoms. The summed E-state index contributed by atoms with van der Waals surface area (Å²) in [6, 6.07) is 18.4. The molecule has 21 heavy (non-hydrogen) atoms. The molecule has 0 radical (unpaired) electrons. The van der Waals surface area contributed by atoms with Crippen molar-refractivity contribution in [2.45, 2.75) is 18.9 Å². The Hall–Kier alpha value is -2.26. The summed E-state index contributed by atoms with van der Waals surface area (Å²) < 4.78 is 5.25. The van der Waals surface area contributed by atoms with E-state index in [1.165, 1.54) is 5.56 Å². The predicted molar refractivity (Wildman–Crippen MR) is 83.7 cm³/mol. The highest BCUT2D eigenvalue weighted by Crippen LogP contribution is 2.23. The number of aryl methyl sites for hydroxylation is 1. The van der Waals surface area contributed by atoms with Crippen LogP contribution in [0.3, 0.4) is 0 Å². The van der Waals surface area contributed by atoms with E-state index in [1.54, 1.807) is 7.11 Å². The summed E-state index contributed by atoms with van der Waals surface area (Å²) in [6.45, 7) is 0. The van der Waals surface area contributed by atoms with Gasteiger partial charge in [-0.05, 0) is 36.6 Å². The van der Waals surface area contributed by atoms with Gasteiger partial charge in [-0.2, -0.15) is 0 Å². The molecule has 0 saturated heterocycles. The first kappa shape index (κ1) is 13.7. The number of hydrogen-bond donors (Lipinski definition) is 1. The average molecular weight is 281 g/mol. The Morgan fingerprint density at radius 1 is 1.10 bits per heavy atom. The third-order valence-electron chi connectivity index (χ3n) is 3.61.